The maximum Gasteiger partial charge on any atom is 0.356 e. The number of anilines is 1. The van der Waals surface area contributed by atoms with Crippen LogP contribution in [0.4, 0.5) is 14.7 Å². The Bertz CT molecular complexity index is 444. The van der Waals surface area contributed by atoms with Gasteiger partial charge in [-0.25, -0.2) is 23.5 Å². The standard InChI is InChI=1S/C11H13F2N3O2/c1-18-9(17)8-2-5-14-10(15-8)16-6-3-11(12,13)4-7-16/h2,5H,3-4,6-7H2,1H3. The lowest BCUT2D eigenvalue weighted by atomic mass is 10.1. The predicted molar refractivity (Wildman–Crippen MR) is 59.8 cm³/mol. The molecule has 1 fully saturated rings. The second kappa shape index (κ2) is 4.83. The number of alkyl halides is 2. The molecule has 0 radical (unpaired) electrons. The Morgan fingerprint density at radius 1 is 1.44 bits per heavy atom. The molecule has 1 aliphatic rings. The molecule has 1 aromatic heterocycles. The lowest BCUT2D eigenvalue weighted by molar-refractivity contribution is -0.0222. The normalized spacial score (nSPS) is 18.5. The summed E-state index contributed by atoms with van der Waals surface area (Å²) in [7, 11) is 1.26. The smallest absolute Gasteiger partial charge is 0.356 e. The summed E-state index contributed by atoms with van der Waals surface area (Å²) in [6.07, 6.45) is 0.971. The van der Waals surface area contributed by atoms with Crippen molar-refractivity contribution in [2.24, 2.45) is 0 Å². The highest BCUT2D eigenvalue weighted by molar-refractivity contribution is 5.87. The third kappa shape index (κ3) is 2.72. The first-order valence-electron chi connectivity index (χ1n) is 5.56. The third-order valence-electron chi connectivity index (χ3n) is 2.82. The fraction of sp³-hybridized carbons (Fsp3) is 0.545. The number of hydrogen-bond donors (Lipinski definition) is 0. The van der Waals surface area contributed by atoms with E-state index in [1.54, 1.807) is 4.90 Å². The number of rotatable bonds is 2. The van der Waals surface area contributed by atoms with Crippen LogP contribution in [0.15, 0.2) is 12.3 Å². The van der Waals surface area contributed by atoms with Crippen LogP contribution in [-0.4, -0.2) is 42.1 Å². The molecule has 0 bridgehead atoms. The number of methoxy groups -OCH3 is 1. The molecule has 18 heavy (non-hydrogen) atoms. The van der Waals surface area contributed by atoms with Gasteiger partial charge in [-0.05, 0) is 6.07 Å². The molecule has 0 amide bonds. The van der Waals surface area contributed by atoms with E-state index in [4.69, 9.17) is 0 Å². The van der Waals surface area contributed by atoms with Crippen molar-refractivity contribution in [3.05, 3.63) is 18.0 Å². The van der Waals surface area contributed by atoms with Crippen LogP contribution in [0.2, 0.25) is 0 Å². The van der Waals surface area contributed by atoms with Crippen LogP contribution >= 0.6 is 0 Å². The van der Waals surface area contributed by atoms with Crippen molar-refractivity contribution in [3.8, 4) is 0 Å². The van der Waals surface area contributed by atoms with Crippen molar-refractivity contribution in [3.63, 3.8) is 0 Å². The molecule has 0 atom stereocenters. The minimum absolute atomic E-state index is 0.125. The van der Waals surface area contributed by atoms with Gasteiger partial charge in [-0.3, -0.25) is 0 Å². The fourth-order valence-electron chi connectivity index (χ4n) is 1.75. The van der Waals surface area contributed by atoms with E-state index in [9.17, 15) is 13.6 Å². The average Bonchev–Trinajstić information content (AvgIpc) is 2.38. The van der Waals surface area contributed by atoms with Gasteiger partial charge in [0.15, 0.2) is 5.69 Å². The third-order valence-corrected chi connectivity index (χ3v) is 2.82. The molecule has 1 aromatic rings. The predicted octanol–water partition coefficient (Wildman–Crippen LogP) is 1.50. The van der Waals surface area contributed by atoms with E-state index >= 15 is 0 Å². The Labute approximate surface area is 103 Å². The monoisotopic (exact) mass is 257 g/mol. The van der Waals surface area contributed by atoms with E-state index in [-0.39, 0.29) is 37.6 Å². The zero-order valence-electron chi connectivity index (χ0n) is 9.90. The van der Waals surface area contributed by atoms with E-state index in [0.29, 0.717) is 0 Å². The van der Waals surface area contributed by atoms with Gasteiger partial charge in [0.1, 0.15) is 0 Å². The molecular weight excluding hydrogens is 244 g/mol. The highest BCUT2D eigenvalue weighted by Gasteiger charge is 2.34. The van der Waals surface area contributed by atoms with Crippen molar-refractivity contribution < 1.29 is 18.3 Å². The van der Waals surface area contributed by atoms with E-state index in [2.05, 4.69) is 14.7 Å². The van der Waals surface area contributed by atoms with Gasteiger partial charge in [-0.15, -0.1) is 0 Å². The molecule has 5 nitrogen and oxygen atoms in total. The van der Waals surface area contributed by atoms with Gasteiger partial charge in [-0.2, -0.15) is 0 Å². The summed E-state index contributed by atoms with van der Waals surface area (Å²) >= 11 is 0. The second-order valence-electron chi connectivity index (χ2n) is 4.08. The van der Waals surface area contributed by atoms with Gasteiger partial charge in [0, 0.05) is 32.1 Å². The summed E-state index contributed by atoms with van der Waals surface area (Å²) in [6.45, 7) is 0.356. The van der Waals surface area contributed by atoms with Gasteiger partial charge in [0.2, 0.25) is 5.95 Å². The van der Waals surface area contributed by atoms with Crippen LogP contribution in [0.3, 0.4) is 0 Å². The summed E-state index contributed by atoms with van der Waals surface area (Å²) in [5.41, 5.74) is 0.125. The molecule has 98 valence electrons. The Kier molecular flexibility index (Phi) is 3.40. The minimum Gasteiger partial charge on any atom is -0.464 e. The molecule has 7 heteroatoms. The lowest BCUT2D eigenvalue weighted by Crippen LogP contribution is -2.40. The zero-order valence-corrected chi connectivity index (χ0v) is 9.90. The first-order valence-corrected chi connectivity index (χ1v) is 5.56. The van der Waals surface area contributed by atoms with E-state index in [1.165, 1.54) is 19.4 Å². The Morgan fingerprint density at radius 2 is 2.11 bits per heavy atom. The van der Waals surface area contributed by atoms with Crippen LogP contribution in [0, 0.1) is 0 Å². The number of esters is 1. The number of aromatic nitrogens is 2. The Balaban J connectivity index is 2.12. The summed E-state index contributed by atoms with van der Waals surface area (Å²) in [5.74, 6) is -2.90. The highest BCUT2D eigenvalue weighted by atomic mass is 19.3. The number of halogens is 2. The molecule has 1 saturated heterocycles. The highest BCUT2D eigenvalue weighted by Crippen LogP contribution is 2.29. The van der Waals surface area contributed by atoms with Crippen molar-refractivity contribution >= 4 is 11.9 Å². The summed E-state index contributed by atoms with van der Waals surface area (Å²) in [5, 5.41) is 0. The molecule has 0 N–H and O–H groups in total. The maximum atomic E-state index is 13.0. The SMILES string of the molecule is COC(=O)c1ccnc(N2CCC(F)(F)CC2)n1. The summed E-state index contributed by atoms with van der Waals surface area (Å²) in [6, 6.07) is 1.42. The van der Waals surface area contributed by atoms with Crippen LogP contribution in [0.5, 0.6) is 0 Å². The number of ether oxygens (including phenoxy) is 1. The molecule has 2 rings (SSSR count). The number of carbonyl (C=O) groups excluding carboxylic acids is 1. The molecule has 0 saturated carbocycles. The van der Waals surface area contributed by atoms with Gasteiger partial charge in [0.05, 0.1) is 7.11 Å². The van der Waals surface area contributed by atoms with Crippen molar-refractivity contribution in [1.82, 2.24) is 9.97 Å². The van der Waals surface area contributed by atoms with Gasteiger partial charge in [0.25, 0.3) is 5.92 Å². The fourth-order valence-corrected chi connectivity index (χ4v) is 1.75. The number of carbonyl (C=O) groups is 1. The van der Waals surface area contributed by atoms with Gasteiger partial charge >= 0.3 is 5.97 Å². The van der Waals surface area contributed by atoms with Crippen LogP contribution in [0.1, 0.15) is 23.3 Å². The van der Waals surface area contributed by atoms with Crippen molar-refractivity contribution in [2.75, 3.05) is 25.1 Å². The number of hydrogen-bond acceptors (Lipinski definition) is 5. The largest absolute Gasteiger partial charge is 0.464 e. The Morgan fingerprint density at radius 3 is 2.72 bits per heavy atom. The molecule has 0 aromatic carbocycles. The molecular formula is C11H13F2N3O2. The number of nitrogens with zero attached hydrogens (tertiary/aromatic N) is 3. The van der Waals surface area contributed by atoms with E-state index in [0.717, 1.165) is 0 Å². The topological polar surface area (TPSA) is 55.3 Å². The Hall–Kier alpha value is -1.79. The van der Waals surface area contributed by atoms with E-state index in [1.807, 2.05) is 0 Å². The summed E-state index contributed by atoms with van der Waals surface area (Å²) < 4.78 is 30.6. The minimum atomic E-state index is -2.61. The quantitative estimate of drug-likeness (QED) is 0.751. The second-order valence-corrected chi connectivity index (χ2v) is 4.08. The van der Waals surface area contributed by atoms with Crippen molar-refractivity contribution in [1.29, 1.82) is 0 Å². The maximum absolute atomic E-state index is 13.0. The molecule has 2 heterocycles. The first kappa shape index (κ1) is 12.7. The van der Waals surface area contributed by atoms with Crippen LogP contribution in [0.25, 0.3) is 0 Å². The number of piperidine rings is 1. The summed E-state index contributed by atoms with van der Waals surface area (Å²) in [4.78, 5) is 20.9. The molecule has 0 spiro atoms. The van der Waals surface area contributed by atoms with Crippen LogP contribution < -0.4 is 4.90 Å². The molecule has 0 unspecified atom stereocenters. The first-order chi connectivity index (χ1) is 8.52. The lowest BCUT2D eigenvalue weighted by Gasteiger charge is -2.31. The average molecular weight is 257 g/mol. The molecule has 0 aliphatic carbocycles. The zero-order chi connectivity index (χ0) is 13.2. The van der Waals surface area contributed by atoms with E-state index < -0.39 is 11.9 Å². The van der Waals surface area contributed by atoms with Crippen molar-refractivity contribution in [2.45, 2.75) is 18.8 Å². The van der Waals surface area contributed by atoms with Gasteiger partial charge in [-0.1, -0.05) is 0 Å². The van der Waals surface area contributed by atoms with Crippen LogP contribution in [-0.2, 0) is 4.74 Å². The molecule has 1 aliphatic heterocycles. The van der Waals surface area contributed by atoms with Gasteiger partial charge < -0.3 is 9.64 Å².